The average Bonchev–Trinajstić information content (AvgIpc) is 2.77. The van der Waals surface area contributed by atoms with Gasteiger partial charge in [0.15, 0.2) is 0 Å². The van der Waals surface area contributed by atoms with E-state index in [0.717, 1.165) is 28.9 Å². The van der Waals surface area contributed by atoms with Crippen molar-refractivity contribution < 1.29 is 14.4 Å². The number of nitrogens with one attached hydrogen (secondary N) is 1. The Labute approximate surface area is 193 Å². The van der Waals surface area contributed by atoms with Crippen molar-refractivity contribution in [2.75, 3.05) is 4.90 Å². The zero-order chi connectivity index (χ0) is 23.5. The summed E-state index contributed by atoms with van der Waals surface area (Å²) in [5, 5.41) is 2.27. The molecule has 0 aromatic heterocycles. The van der Waals surface area contributed by atoms with Crippen molar-refractivity contribution in [3.05, 3.63) is 106 Å². The van der Waals surface area contributed by atoms with Gasteiger partial charge in [0.25, 0.3) is 11.8 Å². The summed E-state index contributed by atoms with van der Waals surface area (Å²) in [4.78, 5) is 38.9. The summed E-state index contributed by atoms with van der Waals surface area (Å²) in [6.45, 7) is 6.20. The third kappa shape index (κ3) is 4.93. The lowest BCUT2D eigenvalue weighted by Gasteiger charge is -2.26. The van der Waals surface area contributed by atoms with Gasteiger partial charge in [0, 0.05) is 0 Å². The number of aryl methyl sites for hydroxylation is 3. The summed E-state index contributed by atoms with van der Waals surface area (Å²) < 4.78 is 0. The first-order valence-corrected chi connectivity index (χ1v) is 11.0. The van der Waals surface area contributed by atoms with Crippen LogP contribution in [-0.2, 0) is 22.4 Å². The van der Waals surface area contributed by atoms with Crippen LogP contribution < -0.4 is 10.2 Å². The summed E-state index contributed by atoms with van der Waals surface area (Å²) in [5.41, 5.74) is 7.00. The van der Waals surface area contributed by atoms with Crippen molar-refractivity contribution in [2.45, 2.75) is 33.6 Å². The Morgan fingerprint density at radius 3 is 2.00 bits per heavy atom. The molecule has 0 spiro atoms. The fraction of sp³-hybridized carbons (Fsp3) is 0.179. The van der Waals surface area contributed by atoms with Crippen molar-refractivity contribution in [3.63, 3.8) is 0 Å². The molecule has 3 aromatic carbocycles. The van der Waals surface area contributed by atoms with Gasteiger partial charge in [-0.3, -0.25) is 14.9 Å². The smallest absolute Gasteiger partial charge is 0.273 e. The van der Waals surface area contributed by atoms with Gasteiger partial charge in [-0.15, -0.1) is 0 Å². The highest BCUT2D eigenvalue weighted by Gasteiger charge is 2.36. The molecule has 1 N–H and O–H groups in total. The number of carbonyl (C=O) groups excluding carboxylic acids is 3. The molecular formula is C28H26N2O3. The summed E-state index contributed by atoms with van der Waals surface area (Å²) in [6, 6.07) is 20.6. The van der Waals surface area contributed by atoms with Crippen LogP contribution in [0.15, 0.2) is 72.3 Å². The highest BCUT2D eigenvalue weighted by molar-refractivity contribution is 6.39. The Bertz CT molecular complexity index is 1240. The van der Waals surface area contributed by atoms with Gasteiger partial charge in [0.1, 0.15) is 5.57 Å². The highest BCUT2D eigenvalue weighted by Crippen LogP contribution is 2.23. The number of imide groups is 2. The van der Waals surface area contributed by atoms with E-state index in [9.17, 15) is 14.4 Å². The van der Waals surface area contributed by atoms with Gasteiger partial charge in [-0.2, -0.15) is 0 Å². The maximum absolute atomic E-state index is 13.1. The number of rotatable bonds is 5. The van der Waals surface area contributed by atoms with Crippen LogP contribution in [0.2, 0.25) is 0 Å². The minimum absolute atomic E-state index is 0.0729. The number of anilines is 1. The van der Waals surface area contributed by atoms with Gasteiger partial charge in [-0.1, -0.05) is 72.6 Å². The molecule has 0 radical (unpaired) electrons. The highest BCUT2D eigenvalue weighted by atomic mass is 16.2. The van der Waals surface area contributed by atoms with E-state index in [1.54, 1.807) is 12.1 Å². The van der Waals surface area contributed by atoms with Crippen molar-refractivity contribution in [2.24, 2.45) is 0 Å². The first-order valence-electron chi connectivity index (χ1n) is 11.0. The van der Waals surface area contributed by atoms with Gasteiger partial charge in [0.2, 0.25) is 0 Å². The first kappa shape index (κ1) is 22.2. The van der Waals surface area contributed by atoms with Gasteiger partial charge >= 0.3 is 6.03 Å². The van der Waals surface area contributed by atoms with Crippen LogP contribution in [0.25, 0.3) is 6.08 Å². The van der Waals surface area contributed by atoms with Crippen LogP contribution in [0.3, 0.4) is 0 Å². The minimum atomic E-state index is -0.741. The van der Waals surface area contributed by atoms with Gasteiger partial charge in [0.05, 0.1) is 5.69 Å². The van der Waals surface area contributed by atoms with E-state index in [4.69, 9.17) is 0 Å². The van der Waals surface area contributed by atoms with Crippen molar-refractivity contribution in [1.82, 2.24) is 5.32 Å². The van der Waals surface area contributed by atoms with Crippen LogP contribution in [0, 0.1) is 13.8 Å². The summed E-state index contributed by atoms with van der Waals surface area (Å²) in [7, 11) is 0. The van der Waals surface area contributed by atoms with Gasteiger partial charge in [-0.05, 0) is 67.2 Å². The Morgan fingerprint density at radius 1 is 0.788 bits per heavy atom. The molecule has 1 fully saturated rings. The third-order valence-corrected chi connectivity index (χ3v) is 5.68. The number of amides is 4. The molecule has 5 nitrogen and oxygen atoms in total. The second-order valence-electron chi connectivity index (χ2n) is 8.39. The fourth-order valence-corrected chi connectivity index (χ4v) is 4.08. The molecule has 4 rings (SSSR count). The summed E-state index contributed by atoms with van der Waals surface area (Å²) in [5.74, 6) is -1.32. The van der Waals surface area contributed by atoms with Gasteiger partial charge in [-0.25, -0.2) is 9.69 Å². The molecule has 1 aliphatic rings. The zero-order valence-corrected chi connectivity index (χ0v) is 19.0. The first-order chi connectivity index (χ1) is 15.8. The van der Waals surface area contributed by atoms with E-state index in [1.807, 2.05) is 43.3 Å². The number of benzene rings is 3. The molecule has 0 atom stereocenters. The molecular weight excluding hydrogens is 412 g/mol. The maximum Gasteiger partial charge on any atom is 0.335 e. The molecule has 1 aliphatic heterocycles. The van der Waals surface area contributed by atoms with Crippen molar-refractivity contribution in [3.8, 4) is 0 Å². The molecule has 1 heterocycles. The van der Waals surface area contributed by atoms with Crippen LogP contribution in [0.4, 0.5) is 10.5 Å². The Hall–Kier alpha value is -3.99. The molecule has 1 saturated heterocycles. The number of hydrogen-bond acceptors (Lipinski definition) is 3. The number of barbiturate groups is 1. The predicted octanol–water partition coefficient (Wildman–Crippen LogP) is 5.12. The van der Waals surface area contributed by atoms with E-state index in [-0.39, 0.29) is 5.57 Å². The van der Waals surface area contributed by atoms with Crippen molar-refractivity contribution >= 4 is 29.6 Å². The Kier molecular flexibility index (Phi) is 6.22. The van der Waals surface area contributed by atoms with Gasteiger partial charge < -0.3 is 0 Å². The van der Waals surface area contributed by atoms with Crippen molar-refractivity contribution in [1.29, 1.82) is 0 Å². The monoisotopic (exact) mass is 438 g/mol. The van der Waals surface area contributed by atoms with E-state index in [1.165, 1.54) is 22.8 Å². The molecule has 4 amide bonds. The van der Waals surface area contributed by atoms with Crippen LogP contribution in [0.1, 0.15) is 40.3 Å². The van der Waals surface area contributed by atoms with Crippen LogP contribution in [-0.4, -0.2) is 17.8 Å². The topological polar surface area (TPSA) is 66.5 Å². The van der Waals surface area contributed by atoms with E-state index in [2.05, 4.69) is 37.4 Å². The lowest BCUT2D eigenvalue weighted by Crippen LogP contribution is -2.54. The summed E-state index contributed by atoms with van der Waals surface area (Å²) >= 11 is 0. The molecule has 0 bridgehead atoms. The Morgan fingerprint density at radius 2 is 1.39 bits per heavy atom. The zero-order valence-electron chi connectivity index (χ0n) is 19.0. The number of nitrogens with zero attached hydrogens (tertiary/aromatic N) is 1. The number of hydrogen-bond donors (Lipinski definition) is 1. The predicted molar refractivity (Wildman–Crippen MR) is 130 cm³/mol. The average molecular weight is 439 g/mol. The SMILES string of the molecule is CCc1ccc(N2C(=O)NC(=O)/C(=C\c3ccc(Cc4cc(C)cc(C)c4)cc3)C2=O)cc1. The molecule has 33 heavy (non-hydrogen) atoms. The Balaban J connectivity index is 1.57. The largest absolute Gasteiger partial charge is 0.335 e. The van der Waals surface area contributed by atoms with E-state index < -0.39 is 17.8 Å². The van der Waals surface area contributed by atoms with E-state index >= 15 is 0 Å². The molecule has 166 valence electrons. The number of carbonyl (C=O) groups is 3. The number of urea groups is 1. The lowest BCUT2D eigenvalue weighted by molar-refractivity contribution is -0.122. The fourth-order valence-electron chi connectivity index (χ4n) is 4.08. The maximum atomic E-state index is 13.1. The summed E-state index contributed by atoms with van der Waals surface area (Å²) in [6.07, 6.45) is 3.18. The quantitative estimate of drug-likeness (QED) is 0.444. The molecule has 0 saturated carbocycles. The molecule has 3 aromatic rings. The van der Waals surface area contributed by atoms with Crippen LogP contribution in [0.5, 0.6) is 0 Å². The van der Waals surface area contributed by atoms with E-state index in [0.29, 0.717) is 11.3 Å². The molecule has 0 aliphatic carbocycles. The third-order valence-electron chi connectivity index (χ3n) is 5.68. The minimum Gasteiger partial charge on any atom is -0.273 e. The molecule has 5 heteroatoms. The molecule has 0 unspecified atom stereocenters. The standard InChI is InChI=1S/C28H26N2O3/c1-4-20-9-11-24(12-10-20)30-27(32)25(26(31)29-28(30)33)17-22-7-5-21(6-8-22)16-23-14-18(2)13-19(3)15-23/h5-15,17H,4,16H2,1-3H3,(H,29,31,33)/b25-17+. The second-order valence-corrected chi connectivity index (χ2v) is 8.39. The lowest BCUT2D eigenvalue weighted by atomic mass is 9.99. The van der Waals surface area contributed by atoms with Crippen LogP contribution >= 0.6 is 0 Å². The normalized spacial score (nSPS) is 15.2. The second kappa shape index (κ2) is 9.25.